The summed E-state index contributed by atoms with van der Waals surface area (Å²) in [6.07, 6.45) is 0. The number of nitrogens with zero attached hydrogens (tertiary/aromatic N) is 2. The molecule has 102 valence electrons. The number of hydrogen-bond donors (Lipinski definition) is 1. The van der Waals surface area contributed by atoms with Gasteiger partial charge in [-0.15, -0.1) is 0 Å². The summed E-state index contributed by atoms with van der Waals surface area (Å²) in [5.74, 6) is 0. The van der Waals surface area contributed by atoms with E-state index in [1.165, 1.54) is 0 Å². The molecular formula is C15H21N3O. The standard InChI is InChI=1S/C15H21N3O/c1-14(2)9-18(10-15(3,4)19-14)12-7-5-6-11(8-16)13(12)17/h5-7H,9-10,17H2,1-4H3. The van der Waals surface area contributed by atoms with Crippen LogP contribution >= 0.6 is 0 Å². The van der Waals surface area contributed by atoms with E-state index in [2.05, 4.69) is 38.7 Å². The first-order valence-electron chi connectivity index (χ1n) is 6.48. The van der Waals surface area contributed by atoms with Crippen LogP contribution in [0, 0.1) is 11.3 Å². The topological polar surface area (TPSA) is 62.3 Å². The Morgan fingerprint density at radius 2 is 1.79 bits per heavy atom. The molecule has 1 aromatic rings. The Morgan fingerprint density at radius 3 is 2.32 bits per heavy atom. The van der Waals surface area contributed by atoms with E-state index in [1.807, 2.05) is 12.1 Å². The van der Waals surface area contributed by atoms with Gasteiger partial charge >= 0.3 is 0 Å². The summed E-state index contributed by atoms with van der Waals surface area (Å²) in [5, 5.41) is 9.07. The Kier molecular flexibility index (Phi) is 3.19. The van der Waals surface area contributed by atoms with Gasteiger partial charge in [-0.25, -0.2) is 0 Å². The predicted molar refractivity (Wildman–Crippen MR) is 77.0 cm³/mol. The number of ether oxygens (including phenoxy) is 1. The lowest BCUT2D eigenvalue weighted by Crippen LogP contribution is -2.57. The lowest BCUT2D eigenvalue weighted by Gasteiger charge is -2.48. The molecular weight excluding hydrogens is 238 g/mol. The minimum atomic E-state index is -0.239. The summed E-state index contributed by atoms with van der Waals surface area (Å²) in [7, 11) is 0. The van der Waals surface area contributed by atoms with Gasteiger partial charge in [0.05, 0.1) is 28.1 Å². The second-order valence-electron chi connectivity index (χ2n) is 6.33. The zero-order valence-electron chi connectivity index (χ0n) is 12.0. The molecule has 1 aliphatic rings. The van der Waals surface area contributed by atoms with Gasteiger partial charge in [0, 0.05) is 13.1 Å². The van der Waals surface area contributed by atoms with Gasteiger partial charge in [0.1, 0.15) is 6.07 Å². The smallest absolute Gasteiger partial charge is 0.101 e. The van der Waals surface area contributed by atoms with E-state index in [0.29, 0.717) is 11.3 Å². The van der Waals surface area contributed by atoms with Crippen LogP contribution < -0.4 is 10.6 Å². The number of morpholine rings is 1. The highest BCUT2D eigenvalue weighted by Crippen LogP contribution is 2.34. The first-order valence-corrected chi connectivity index (χ1v) is 6.48. The van der Waals surface area contributed by atoms with Crippen LogP contribution in [-0.4, -0.2) is 24.3 Å². The molecule has 0 amide bonds. The monoisotopic (exact) mass is 259 g/mol. The zero-order chi connectivity index (χ0) is 14.3. The van der Waals surface area contributed by atoms with Gasteiger partial charge in [-0.1, -0.05) is 6.07 Å². The van der Waals surface area contributed by atoms with E-state index < -0.39 is 0 Å². The van der Waals surface area contributed by atoms with Crippen LogP contribution in [0.4, 0.5) is 11.4 Å². The Labute approximate surface area is 114 Å². The molecule has 0 aliphatic carbocycles. The first kappa shape index (κ1) is 13.7. The number of rotatable bonds is 1. The van der Waals surface area contributed by atoms with Crippen LogP contribution in [0.25, 0.3) is 0 Å². The summed E-state index contributed by atoms with van der Waals surface area (Å²) in [6, 6.07) is 7.72. The Balaban J connectivity index is 2.40. The molecule has 0 atom stereocenters. The van der Waals surface area contributed by atoms with Crippen molar-refractivity contribution in [3.63, 3.8) is 0 Å². The van der Waals surface area contributed by atoms with Crippen molar-refractivity contribution in [2.24, 2.45) is 0 Å². The maximum atomic E-state index is 9.07. The van der Waals surface area contributed by atoms with Gasteiger partial charge < -0.3 is 15.4 Å². The molecule has 4 heteroatoms. The summed E-state index contributed by atoms with van der Waals surface area (Å²) >= 11 is 0. The van der Waals surface area contributed by atoms with Gasteiger partial charge in [0.2, 0.25) is 0 Å². The molecule has 2 N–H and O–H groups in total. The van der Waals surface area contributed by atoms with Crippen molar-refractivity contribution >= 4 is 11.4 Å². The fraction of sp³-hybridized carbons (Fsp3) is 0.533. The molecule has 1 aliphatic heterocycles. The normalized spacial score (nSPS) is 20.9. The maximum Gasteiger partial charge on any atom is 0.101 e. The summed E-state index contributed by atoms with van der Waals surface area (Å²) in [5.41, 5.74) is 7.62. The minimum absolute atomic E-state index is 0.239. The van der Waals surface area contributed by atoms with Crippen LogP contribution in [0.5, 0.6) is 0 Å². The van der Waals surface area contributed by atoms with Crippen molar-refractivity contribution in [3.8, 4) is 6.07 Å². The number of para-hydroxylation sites is 1. The van der Waals surface area contributed by atoms with Crippen molar-refractivity contribution in [1.82, 2.24) is 0 Å². The van der Waals surface area contributed by atoms with Gasteiger partial charge in [-0.05, 0) is 39.8 Å². The molecule has 4 nitrogen and oxygen atoms in total. The second-order valence-corrected chi connectivity index (χ2v) is 6.33. The largest absolute Gasteiger partial charge is 0.396 e. The van der Waals surface area contributed by atoms with Crippen LogP contribution in [0.3, 0.4) is 0 Å². The number of anilines is 2. The average molecular weight is 259 g/mol. The third kappa shape index (κ3) is 2.82. The quantitative estimate of drug-likeness (QED) is 0.787. The third-order valence-corrected chi connectivity index (χ3v) is 3.24. The van der Waals surface area contributed by atoms with E-state index >= 15 is 0 Å². The van der Waals surface area contributed by atoms with E-state index in [4.69, 9.17) is 15.7 Å². The highest BCUT2D eigenvalue weighted by Gasteiger charge is 2.38. The molecule has 1 fully saturated rings. The SMILES string of the molecule is CC1(C)CN(c2cccc(C#N)c2N)CC(C)(C)O1. The van der Waals surface area contributed by atoms with E-state index in [1.54, 1.807) is 6.07 Å². The Morgan fingerprint density at radius 1 is 1.21 bits per heavy atom. The predicted octanol–water partition coefficient (Wildman–Crippen LogP) is 2.53. The average Bonchev–Trinajstić information content (AvgIpc) is 2.25. The van der Waals surface area contributed by atoms with Crippen LogP contribution in [0.15, 0.2) is 18.2 Å². The van der Waals surface area contributed by atoms with Crippen LogP contribution in [0.2, 0.25) is 0 Å². The van der Waals surface area contributed by atoms with Crippen molar-refractivity contribution in [2.75, 3.05) is 23.7 Å². The molecule has 2 rings (SSSR count). The minimum Gasteiger partial charge on any atom is -0.396 e. The number of nitrogen functional groups attached to an aromatic ring is 1. The fourth-order valence-corrected chi connectivity index (χ4v) is 2.88. The summed E-state index contributed by atoms with van der Waals surface area (Å²) < 4.78 is 6.06. The molecule has 0 aromatic heterocycles. The van der Waals surface area contributed by atoms with Crippen molar-refractivity contribution in [1.29, 1.82) is 5.26 Å². The molecule has 0 saturated carbocycles. The van der Waals surface area contributed by atoms with E-state index in [0.717, 1.165) is 18.8 Å². The molecule has 0 bridgehead atoms. The summed E-state index contributed by atoms with van der Waals surface area (Å²) in [4.78, 5) is 2.21. The number of nitriles is 1. The molecule has 1 aromatic carbocycles. The third-order valence-electron chi connectivity index (χ3n) is 3.24. The molecule has 19 heavy (non-hydrogen) atoms. The fourth-order valence-electron chi connectivity index (χ4n) is 2.88. The lowest BCUT2D eigenvalue weighted by molar-refractivity contribution is -0.133. The molecule has 0 radical (unpaired) electrons. The molecule has 0 spiro atoms. The van der Waals surface area contributed by atoms with E-state index in [-0.39, 0.29) is 11.2 Å². The zero-order valence-corrected chi connectivity index (χ0v) is 12.0. The van der Waals surface area contributed by atoms with Gasteiger partial charge in [-0.2, -0.15) is 5.26 Å². The van der Waals surface area contributed by atoms with E-state index in [9.17, 15) is 0 Å². The highest BCUT2D eigenvalue weighted by molar-refractivity contribution is 5.74. The lowest BCUT2D eigenvalue weighted by atomic mass is 9.97. The Hall–Kier alpha value is -1.73. The summed E-state index contributed by atoms with van der Waals surface area (Å²) in [6.45, 7) is 9.82. The van der Waals surface area contributed by atoms with Crippen molar-refractivity contribution < 1.29 is 4.74 Å². The molecule has 1 heterocycles. The van der Waals surface area contributed by atoms with Crippen LogP contribution in [0.1, 0.15) is 33.3 Å². The van der Waals surface area contributed by atoms with Crippen molar-refractivity contribution in [2.45, 2.75) is 38.9 Å². The van der Waals surface area contributed by atoms with Crippen LogP contribution in [-0.2, 0) is 4.74 Å². The molecule has 1 saturated heterocycles. The number of benzene rings is 1. The van der Waals surface area contributed by atoms with Gasteiger partial charge in [0.15, 0.2) is 0 Å². The van der Waals surface area contributed by atoms with Gasteiger partial charge in [0.25, 0.3) is 0 Å². The van der Waals surface area contributed by atoms with Crippen molar-refractivity contribution in [3.05, 3.63) is 23.8 Å². The highest BCUT2D eigenvalue weighted by atomic mass is 16.5. The molecule has 0 unspecified atom stereocenters. The second kappa shape index (κ2) is 4.43. The van der Waals surface area contributed by atoms with Gasteiger partial charge in [-0.3, -0.25) is 0 Å². The number of nitrogens with two attached hydrogens (primary N) is 1. The Bertz CT molecular complexity index is 513. The first-order chi connectivity index (χ1) is 8.74. The maximum absolute atomic E-state index is 9.07. The number of hydrogen-bond acceptors (Lipinski definition) is 4.